The fourth-order valence-corrected chi connectivity index (χ4v) is 2.34. The standard InChI is InChI=1S/C13H23N3O5/c1-8(2)10(14-12(18)21-4)11(17)16-6-5-15(13(19)20)7-9(16)3/h8-10H,5-7H2,1-4H3,(H,14,18)(H,19,20)/t9-,10-/m0/s1. The number of carbonyl (C=O) groups excluding carboxylic acids is 2. The van der Waals surface area contributed by atoms with Crippen molar-refractivity contribution in [3.63, 3.8) is 0 Å². The van der Waals surface area contributed by atoms with Crippen molar-refractivity contribution in [3.8, 4) is 0 Å². The zero-order valence-electron chi connectivity index (χ0n) is 12.8. The van der Waals surface area contributed by atoms with Crippen molar-refractivity contribution in [2.24, 2.45) is 5.92 Å². The van der Waals surface area contributed by atoms with E-state index in [-0.39, 0.29) is 31.0 Å². The number of alkyl carbamates (subject to hydrolysis) is 1. The third kappa shape index (κ3) is 4.24. The van der Waals surface area contributed by atoms with Gasteiger partial charge in [0.2, 0.25) is 5.91 Å². The number of amides is 3. The SMILES string of the molecule is COC(=O)N[C@H](C(=O)N1CCN(C(=O)O)C[C@@H]1C)C(C)C. The predicted molar refractivity (Wildman–Crippen MR) is 74.9 cm³/mol. The third-order valence-corrected chi connectivity index (χ3v) is 3.57. The van der Waals surface area contributed by atoms with Crippen molar-refractivity contribution in [2.75, 3.05) is 26.7 Å². The van der Waals surface area contributed by atoms with Gasteiger partial charge >= 0.3 is 12.2 Å². The van der Waals surface area contributed by atoms with Crippen LogP contribution in [0, 0.1) is 5.92 Å². The largest absolute Gasteiger partial charge is 0.465 e. The van der Waals surface area contributed by atoms with Crippen LogP contribution >= 0.6 is 0 Å². The van der Waals surface area contributed by atoms with Crippen molar-refractivity contribution < 1.29 is 24.2 Å². The molecule has 2 N–H and O–H groups in total. The van der Waals surface area contributed by atoms with E-state index in [0.29, 0.717) is 6.54 Å². The number of hydrogen-bond donors (Lipinski definition) is 2. The van der Waals surface area contributed by atoms with Gasteiger partial charge in [0.15, 0.2) is 0 Å². The number of nitrogens with one attached hydrogen (secondary N) is 1. The van der Waals surface area contributed by atoms with Crippen molar-refractivity contribution in [1.82, 2.24) is 15.1 Å². The number of rotatable bonds is 3. The summed E-state index contributed by atoms with van der Waals surface area (Å²) in [6, 6.07) is -0.917. The lowest BCUT2D eigenvalue weighted by Crippen LogP contribution is -2.60. The molecule has 1 heterocycles. The molecule has 0 radical (unpaired) electrons. The van der Waals surface area contributed by atoms with E-state index in [1.807, 2.05) is 13.8 Å². The normalized spacial score (nSPS) is 20.1. The summed E-state index contributed by atoms with van der Waals surface area (Å²) in [6.07, 6.45) is -1.64. The van der Waals surface area contributed by atoms with Gasteiger partial charge in [0.25, 0.3) is 0 Å². The van der Waals surface area contributed by atoms with Gasteiger partial charge in [-0.25, -0.2) is 9.59 Å². The maximum Gasteiger partial charge on any atom is 0.407 e. The highest BCUT2D eigenvalue weighted by atomic mass is 16.5. The van der Waals surface area contributed by atoms with Gasteiger partial charge in [-0.3, -0.25) is 4.79 Å². The lowest BCUT2D eigenvalue weighted by atomic mass is 10.0. The van der Waals surface area contributed by atoms with Crippen LogP contribution in [-0.2, 0) is 9.53 Å². The number of piperazine rings is 1. The summed E-state index contributed by atoms with van der Waals surface area (Å²) in [5.41, 5.74) is 0. The molecule has 1 rings (SSSR count). The van der Waals surface area contributed by atoms with Gasteiger partial charge in [0.1, 0.15) is 6.04 Å². The molecular formula is C13H23N3O5. The first-order valence-electron chi connectivity index (χ1n) is 6.90. The maximum atomic E-state index is 12.6. The van der Waals surface area contributed by atoms with E-state index in [9.17, 15) is 14.4 Å². The van der Waals surface area contributed by atoms with Crippen molar-refractivity contribution in [3.05, 3.63) is 0 Å². The van der Waals surface area contributed by atoms with Crippen molar-refractivity contribution >= 4 is 18.1 Å². The second kappa shape index (κ2) is 7.14. The molecule has 0 aromatic carbocycles. The van der Waals surface area contributed by atoms with Crippen molar-refractivity contribution in [1.29, 1.82) is 0 Å². The second-order valence-corrected chi connectivity index (χ2v) is 5.47. The molecule has 1 saturated heterocycles. The summed E-state index contributed by atoms with van der Waals surface area (Å²) in [4.78, 5) is 37.8. The number of methoxy groups -OCH3 is 1. The molecule has 8 nitrogen and oxygen atoms in total. The highest BCUT2D eigenvalue weighted by molar-refractivity contribution is 5.86. The topological polar surface area (TPSA) is 99.2 Å². The molecular weight excluding hydrogens is 278 g/mol. The van der Waals surface area contributed by atoms with Gasteiger partial charge in [-0.2, -0.15) is 0 Å². The molecule has 8 heteroatoms. The van der Waals surface area contributed by atoms with Crippen LogP contribution in [0.3, 0.4) is 0 Å². The zero-order valence-corrected chi connectivity index (χ0v) is 12.8. The van der Waals surface area contributed by atoms with Crippen molar-refractivity contribution in [2.45, 2.75) is 32.9 Å². The van der Waals surface area contributed by atoms with Gasteiger partial charge < -0.3 is 25.0 Å². The number of carbonyl (C=O) groups is 3. The number of hydrogen-bond acceptors (Lipinski definition) is 4. The van der Waals surface area contributed by atoms with Crippen LogP contribution in [0.4, 0.5) is 9.59 Å². The van der Waals surface area contributed by atoms with Crippen LogP contribution in [0.1, 0.15) is 20.8 Å². The van der Waals surface area contributed by atoms with Crippen LogP contribution in [0.5, 0.6) is 0 Å². The molecule has 0 aromatic rings. The number of nitrogens with zero attached hydrogens (tertiary/aromatic N) is 2. The monoisotopic (exact) mass is 301 g/mol. The summed E-state index contributed by atoms with van der Waals surface area (Å²) in [6.45, 7) is 6.31. The van der Waals surface area contributed by atoms with E-state index in [1.54, 1.807) is 11.8 Å². The second-order valence-electron chi connectivity index (χ2n) is 5.47. The van der Waals surface area contributed by atoms with Gasteiger partial charge in [-0.1, -0.05) is 13.8 Å². The van der Waals surface area contributed by atoms with E-state index in [1.165, 1.54) is 12.0 Å². The molecule has 1 fully saturated rings. The Morgan fingerprint density at radius 1 is 1.29 bits per heavy atom. The Labute approximate surface area is 124 Å². The summed E-state index contributed by atoms with van der Waals surface area (Å²) < 4.78 is 4.54. The summed E-state index contributed by atoms with van der Waals surface area (Å²) in [5.74, 6) is -0.311. The van der Waals surface area contributed by atoms with Crippen LogP contribution in [0.25, 0.3) is 0 Å². The summed E-state index contributed by atoms with van der Waals surface area (Å²) in [7, 11) is 1.24. The fraction of sp³-hybridized carbons (Fsp3) is 0.769. The first kappa shape index (κ1) is 17.1. The minimum absolute atomic E-state index is 0.0960. The first-order chi connectivity index (χ1) is 9.77. The Morgan fingerprint density at radius 2 is 1.90 bits per heavy atom. The zero-order chi connectivity index (χ0) is 16.2. The van der Waals surface area contributed by atoms with Gasteiger partial charge in [0.05, 0.1) is 7.11 Å². The molecule has 120 valence electrons. The van der Waals surface area contributed by atoms with E-state index < -0.39 is 18.2 Å². The van der Waals surface area contributed by atoms with Gasteiger partial charge in [0, 0.05) is 25.7 Å². The minimum atomic E-state index is -0.984. The fourth-order valence-electron chi connectivity index (χ4n) is 2.34. The Balaban J connectivity index is 2.76. The van der Waals surface area contributed by atoms with Crippen LogP contribution < -0.4 is 5.32 Å². The van der Waals surface area contributed by atoms with Crippen LogP contribution in [-0.4, -0.2) is 71.8 Å². The summed E-state index contributed by atoms with van der Waals surface area (Å²) in [5, 5.41) is 11.5. The molecule has 21 heavy (non-hydrogen) atoms. The first-order valence-corrected chi connectivity index (χ1v) is 6.90. The average molecular weight is 301 g/mol. The highest BCUT2D eigenvalue weighted by Crippen LogP contribution is 2.14. The van der Waals surface area contributed by atoms with Crippen LogP contribution in [0.15, 0.2) is 0 Å². The third-order valence-electron chi connectivity index (χ3n) is 3.57. The molecule has 0 spiro atoms. The molecule has 0 aromatic heterocycles. The van der Waals surface area contributed by atoms with E-state index in [2.05, 4.69) is 10.1 Å². The van der Waals surface area contributed by atoms with Gasteiger partial charge in [-0.15, -0.1) is 0 Å². The maximum absolute atomic E-state index is 12.6. The Morgan fingerprint density at radius 3 is 2.33 bits per heavy atom. The smallest absolute Gasteiger partial charge is 0.407 e. The lowest BCUT2D eigenvalue weighted by Gasteiger charge is -2.40. The van der Waals surface area contributed by atoms with E-state index in [4.69, 9.17) is 5.11 Å². The predicted octanol–water partition coefficient (Wildman–Crippen LogP) is 0.578. The average Bonchev–Trinajstić information content (AvgIpc) is 2.43. The Hall–Kier alpha value is -1.99. The minimum Gasteiger partial charge on any atom is -0.465 e. The van der Waals surface area contributed by atoms with Crippen LogP contribution in [0.2, 0.25) is 0 Å². The molecule has 0 saturated carbocycles. The molecule has 1 aliphatic heterocycles. The van der Waals surface area contributed by atoms with E-state index >= 15 is 0 Å². The molecule has 0 bridgehead atoms. The lowest BCUT2D eigenvalue weighted by molar-refractivity contribution is -0.138. The quantitative estimate of drug-likeness (QED) is 0.794. The molecule has 0 aliphatic carbocycles. The number of ether oxygens (including phenoxy) is 1. The molecule has 2 atom stereocenters. The molecule has 0 unspecified atom stereocenters. The molecule has 3 amide bonds. The molecule has 1 aliphatic rings. The Kier molecular flexibility index (Phi) is 5.80. The van der Waals surface area contributed by atoms with Gasteiger partial charge in [-0.05, 0) is 12.8 Å². The Bertz CT molecular complexity index is 413. The highest BCUT2D eigenvalue weighted by Gasteiger charge is 2.35. The van der Waals surface area contributed by atoms with E-state index in [0.717, 1.165) is 0 Å². The number of carboxylic acid groups (broad SMARTS) is 1. The summed E-state index contributed by atoms with van der Waals surface area (Å²) >= 11 is 0.